The standard InChI is InChI=1S/C21H21O3P.C7H8O3S/c1-22-16-4-10-19(11-5-16)25(20-12-6-17(23-2)7-13-20)21-14-8-18(24-3)9-15-21;1-6-2-4-7(5-3-6)11(8,9)10/h4-15H,1-3H3;2-5H,1H3,(H,8,9,10). The number of benzene rings is 4. The molecule has 0 fully saturated rings. The Morgan fingerprint density at radius 1 is 0.556 bits per heavy atom. The van der Waals surface area contributed by atoms with Gasteiger partial charge in [0.05, 0.1) is 26.2 Å². The highest BCUT2D eigenvalue weighted by molar-refractivity contribution is 7.85. The second kappa shape index (κ2) is 12.5. The summed E-state index contributed by atoms with van der Waals surface area (Å²) < 4.78 is 45.4. The number of ether oxygens (including phenoxy) is 3. The van der Waals surface area contributed by atoms with Crippen molar-refractivity contribution < 1.29 is 27.2 Å². The monoisotopic (exact) mass is 524 g/mol. The van der Waals surface area contributed by atoms with Crippen molar-refractivity contribution >= 4 is 34.0 Å². The van der Waals surface area contributed by atoms with Crippen LogP contribution in [0, 0.1) is 6.92 Å². The Kier molecular flexibility index (Phi) is 9.48. The van der Waals surface area contributed by atoms with Gasteiger partial charge in [-0.3, -0.25) is 4.55 Å². The molecule has 6 nitrogen and oxygen atoms in total. The average molecular weight is 525 g/mol. The van der Waals surface area contributed by atoms with Gasteiger partial charge in [0.25, 0.3) is 10.1 Å². The van der Waals surface area contributed by atoms with Crippen molar-refractivity contribution in [3.8, 4) is 17.2 Å². The third-order valence-electron chi connectivity index (χ3n) is 5.31. The van der Waals surface area contributed by atoms with Gasteiger partial charge in [-0.2, -0.15) is 8.42 Å². The van der Waals surface area contributed by atoms with E-state index < -0.39 is 18.0 Å². The van der Waals surface area contributed by atoms with Gasteiger partial charge in [-0.25, -0.2) is 0 Å². The fourth-order valence-electron chi connectivity index (χ4n) is 3.35. The highest BCUT2D eigenvalue weighted by Crippen LogP contribution is 2.34. The molecule has 0 saturated carbocycles. The van der Waals surface area contributed by atoms with Crippen molar-refractivity contribution in [3.63, 3.8) is 0 Å². The molecule has 0 bridgehead atoms. The second-order valence-corrected chi connectivity index (χ2v) is 11.4. The van der Waals surface area contributed by atoms with Crippen LogP contribution in [0.3, 0.4) is 0 Å². The molecule has 0 aliphatic carbocycles. The smallest absolute Gasteiger partial charge is 0.294 e. The molecule has 1 N–H and O–H groups in total. The topological polar surface area (TPSA) is 82.1 Å². The maximum absolute atomic E-state index is 10.5. The van der Waals surface area contributed by atoms with Crippen LogP contribution >= 0.6 is 7.92 Å². The van der Waals surface area contributed by atoms with Crippen LogP contribution in [0.15, 0.2) is 102 Å². The fourth-order valence-corrected chi connectivity index (χ4v) is 6.07. The van der Waals surface area contributed by atoms with Crippen molar-refractivity contribution in [3.05, 3.63) is 103 Å². The van der Waals surface area contributed by atoms with Crippen LogP contribution in [-0.4, -0.2) is 34.3 Å². The van der Waals surface area contributed by atoms with E-state index in [9.17, 15) is 8.42 Å². The Labute approximate surface area is 214 Å². The maximum atomic E-state index is 10.5. The SMILES string of the molecule is COc1ccc(P(c2ccc(OC)cc2)c2ccc(OC)cc2)cc1.Cc1ccc(S(=O)(=O)O)cc1. The lowest BCUT2D eigenvalue weighted by atomic mass is 10.2. The highest BCUT2D eigenvalue weighted by Gasteiger charge is 2.17. The van der Waals surface area contributed by atoms with E-state index in [4.69, 9.17) is 18.8 Å². The summed E-state index contributed by atoms with van der Waals surface area (Å²) in [6.45, 7) is 1.84. The predicted molar refractivity (Wildman–Crippen MR) is 146 cm³/mol. The van der Waals surface area contributed by atoms with Gasteiger partial charge in [0.15, 0.2) is 0 Å². The summed E-state index contributed by atoms with van der Waals surface area (Å²) in [6.07, 6.45) is 0. The van der Waals surface area contributed by atoms with Crippen LogP contribution in [0.25, 0.3) is 0 Å². The van der Waals surface area contributed by atoms with Crippen molar-refractivity contribution in [2.75, 3.05) is 21.3 Å². The van der Waals surface area contributed by atoms with Crippen molar-refractivity contribution in [2.45, 2.75) is 11.8 Å². The van der Waals surface area contributed by atoms with Gasteiger partial charge in [-0.1, -0.05) is 54.1 Å². The molecule has 36 heavy (non-hydrogen) atoms. The molecule has 4 aromatic rings. The van der Waals surface area contributed by atoms with E-state index in [1.165, 1.54) is 28.0 Å². The maximum Gasteiger partial charge on any atom is 0.294 e. The molecule has 0 radical (unpaired) electrons. The van der Waals surface area contributed by atoms with Gasteiger partial charge in [0, 0.05) is 0 Å². The lowest BCUT2D eigenvalue weighted by molar-refractivity contribution is 0.415. The van der Waals surface area contributed by atoms with E-state index in [1.54, 1.807) is 33.5 Å². The van der Waals surface area contributed by atoms with Gasteiger partial charge in [-0.15, -0.1) is 0 Å². The summed E-state index contributed by atoms with van der Waals surface area (Å²) in [4.78, 5) is -0.0666. The minimum Gasteiger partial charge on any atom is -0.497 e. The van der Waals surface area contributed by atoms with Crippen LogP contribution in [0.4, 0.5) is 0 Å². The van der Waals surface area contributed by atoms with Gasteiger partial charge in [0.2, 0.25) is 0 Å². The van der Waals surface area contributed by atoms with Gasteiger partial charge in [0.1, 0.15) is 17.2 Å². The fraction of sp³-hybridized carbons (Fsp3) is 0.143. The lowest BCUT2D eigenvalue weighted by Gasteiger charge is -2.20. The molecule has 188 valence electrons. The number of rotatable bonds is 7. The summed E-state index contributed by atoms with van der Waals surface area (Å²) in [7, 11) is 0.371. The number of aryl methyl sites for hydroxylation is 1. The molecule has 0 aliphatic rings. The van der Waals surface area contributed by atoms with Gasteiger partial charge in [-0.05, 0) is 79.3 Å². The predicted octanol–water partition coefficient (Wildman–Crippen LogP) is 4.71. The van der Waals surface area contributed by atoms with E-state index in [0.29, 0.717) is 0 Å². The molecular weight excluding hydrogens is 495 g/mol. The minimum atomic E-state index is -4.02. The molecule has 0 amide bonds. The Morgan fingerprint density at radius 3 is 1.11 bits per heavy atom. The number of hydrogen-bond donors (Lipinski definition) is 1. The first-order valence-electron chi connectivity index (χ1n) is 11.0. The molecule has 0 saturated heterocycles. The molecule has 4 rings (SSSR count). The van der Waals surface area contributed by atoms with Crippen LogP contribution in [0.1, 0.15) is 5.56 Å². The summed E-state index contributed by atoms with van der Waals surface area (Å²) in [5.74, 6) is 2.59. The second-order valence-electron chi connectivity index (χ2n) is 7.72. The third-order valence-corrected chi connectivity index (χ3v) is 8.62. The molecule has 0 heterocycles. The summed E-state index contributed by atoms with van der Waals surface area (Å²) >= 11 is 0. The summed E-state index contributed by atoms with van der Waals surface area (Å²) in [5, 5.41) is 3.81. The largest absolute Gasteiger partial charge is 0.497 e. The van der Waals surface area contributed by atoms with E-state index >= 15 is 0 Å². The van der Waals surface area contributed by atoms with Crippen LogP contribution in [0.2, 0.25) is 0 Å². The average Bonchev–Trinajstić information content (AvgIpc) is 2.90. The molecule has 4 aromatic carbocycles. The highest BCUT2D eigenvalue weighted by atomic mass is 32.2. The third kappa shape index (κ3) is 7.31. The molecule has 0 spiro atoms. The molecule has 0 atom stereocenters. The Bertz CT molecular complexity index is 1220. The van der Waals surface area contributed by atoms with E-state index in [2.05, 4.69) is 36.4 Å². The lowest BCUT2D eigenvalue weighted by Crippen LogP contribution is -2.20. The van der Waals surface area contributed by atoms with Crippen molar-refractivity contribution in [1.29, 1.82) is 0 Å². The first-order valence-corrected chi connectivity index (χ1v) is 13.8. The zero-order valence-corrected chi connectivity index (χ0v) is 22.3. The number of methoxy groups -OCH3 is 3. The zero-order chi connectivity index (χ0) is 26.1. The Balaban J connectivity index is 0.000000275. The summed E-state index contributed by atoms with van der Waals surface area (Å²) in [5.41, 5.74) is 0.956. The molecule has 0 aliphatic heterocycles. The number of hydrogen-bond acceptors (Lipinski definition) is 5. The van der Waals surface area contributed by atoms with Crippen molar-refractivity contribution in [2.24, 2.45) is 0 Å². The molecule has 0 aromatic heterocycles. The van der Waals surface area contributed by atoms with Crippen LogP contribution in [-0.2, 0) is 10.1 Å². The van der Waals surface area contributed by atoms with E-state index in [-0.39, 0.29) is 4.90 Å². The molecular formula is C28H29O6PS. The Hall–Kier alpha value is -3.38. The van der Waals surface area contributed by atoms with E-state index in [1.807, 2.05) is 43.3 Å². The zero-order valence-electron chi connectivity index (χ0n) is 20.6. The minimum absolute atomic E-state index is 0.0666. The summed E-state index contributed by atoms with van der Waals surface area (Å²) in [6, 6.07) is 30.9. The van der Waals surface area contributed by atoms with E-state index in [0.717, 1.165) is 22.8 Å². The van der Waals surface area contributed by atoms with Crippen molar-refractivity contribution in [1.82, 2.24) is 0 Å². The Morgan fingerprint density at radius 2 is 0.861 bits per heavy atom. The molecule has 8 heteroatoms. The van der Waals surface area contributed by atoms with Gasteiger partial charge < -0.3 is 14.2 Å². The first kappa shape index (κ1) is 27.2. The molecule has 0 unspecified atom stereocenters. The van der Waals surface area contributed by atoms with Crippen LogP contribution in [0.5, 0.6) is 17.2 Å². The van der Waals surface area contributed by atoms with Gasteiger partial charge >= 0.3 is 0 Å². The van der Waals surface area contributed by atoms with Crippen LogP contribution < -0.4 is 30.1 Å². The first-order chi connectivity index (χ1) is 17.2. The normalized spacial score (nSPS) is 10.8. The quantitative estimate of drug-likeness (QED) is 0.279.